The Morgan fingerprint density at radius 3 is 1.91 bits per heavy atom. The summed E-state index contributed by atoms with van der Waals surface area (Å²) in [5.74, 6) is -1.27. The highest BCUT2D eigenvalue weighted by Crippen LogP contribution is 2.16. The molecule has 0 aromatic carbocycles. The topological polar surface area (TPSA) is 35.5 Å². The summed E-state index contributed by atoms with van der Waals surface area (Å²) in [6, 6.07) is 0. The molecule has 5 heteroatoms. The number of halogens is 2. The van der Waals surface area contributed by atoms with Crippen LogP contribution in [0.1, 0.15) is 0 Å². The largest absolute Gasteiger partial charge is 0.346 e. The highest BCUT2D eigenvalue weighted by molar-refractivity contribution is 9.09. The van der Waals surface area contributed by atoms with Gasteiger partial charge in [0, 0.05) is 14.2 Å². The monoisotopic (exact) mass is 288 g/mol. The summed E-state index contributed by atoms with van der Waals surface area (Å²) in [5, 5.41) is 0.553. The number of ether oxygens (including phenoxy) is 2. The average Bonchev–Trinajstić information content (AvgIpc) is 2.08. The minimum absolute atomic E-state index is 0.139. The van der Waals surface area contributed by atoms with Gasteiger partial charge in [0.15, 0.2) is 0 Å². The van der Waals surface area contributed by atoms with E-state index in [4.69, 9.17) is 9.47 Å². The number of carbonyl (C=O) groups is 1. The maximum atomic E-state index is 11.2. The molecule has 0 aliphatic rings. The number of methoxy groups -OCH3 is 2. The van der Waals surface area contributed by atoms with Crippen molar-refractivity contribution in [3.05, 3.63) is 0 Å². The Morgan fingerprint density at radius 2 is 1.82 bits per heavy atom. The normalized spacial score (nSPS) is 11.6. The van der Waals surface area contributed by atoms with E-state index in [-0.39, 0.29) is 11.1 Å². The molecule has 0 amide bonds. The molecule has 0 atom stereocenters. The third kappa shape index (κ3) is 2.50. The summed E-state index contributed by atoms with van der Waals surface area (Å²) >= 11 is 6.19. The molecule has 0 radical (unpaired) electrons. The number of hydrogen-bond donors (Lipinski definition) is 0. The lowest BCUT2D eigenvalue weighted by atomic mass is 10.2. The van der Waals surface area contributed by atoms with Gasteiger partial charge in [-0.1, -0.05) is 31.9 Å². The molecule has 0 aromatic heterocycles. The summed E-state index contributed by atoms with van der Waals surface area (Å²) in [7, 11) is 2.87. The van der Waals surface area contributed by atoms with Crippen molar-refractivity contribution in [2.24, 2.45) is 0 Å². The highest BCUT2D eigenvalue weighted by Gasteiger charge is 2.36. The fraction of sp³-hybridized carbons (Fsp3) is 0.833. The van der Waals surface area contributed by atoms with Gasteiger partial charge in [-0.05, 0) is 0 Å². The van der Waals surface area contributed by atoms with Crippen LogP contribution in [-0.2, 0) is 14.3 Å². The van der Waals surface area contributed by atoms with Crippen molar-refractivity contribution in [3.63, 3.8) is 0 Å². The predicted octanol–water partition coefficient (Wildman–Crippen LogP) is 1.33. The zero-order valence-corrected chi connectivity index (χ0v) is 9.57. The summed E-state index contributed by atoms with van der Waals surface area (Å²) in [6.07, 6.45) is 0. The van der Waals surface area contributed by atoms with Crippen LogP contribution < -0.4 is 0 Å². The van der Waals surface area contributed by atoms with Gasteiger partial charge in [-0.2, -0.15) is 0 Å². The molecule has 0 heterocycles. The first-order valence-electron chi connectivity index (χ1n) is 2.92. The Balaban J connectivity index is 4.39. The molecule has 0 N–H and O–H groups in total. The minimum atomic E-state index is -1.14. The number of rotatable bonds is 5. The van der Waals surface area contributed by atoms with Crippen LogP contribution >= 0.6 is 31.9 Å². The predicted molar refractivity (Wildman–Crippen MR) is 49.3 cm³/mol. The maximum absolute atomic E-state index is 11.2. The fourth-order valence-electron chi connectivity index (χ4n) is 0.596. The Kier molecular flexibility index (Phi) is 5.50. The number of alkyl halides is 2. The highest BCUT2D eigenvalue weighted by atomic mass is 79.9. The van der Waals surface area contributed by atoms with Gasteiger partial charge in [-0.3, -0.25) is 4.79 Å². The van der Waals surface area contributed by atoms with Crippen LogP contribution in [0.15, 0.2) is 0 Å². The van der Waals surface area contributed by atoms with Gasteiger partial charge >= 0.3 is 0 Å². The fourth-order valence-corrected chi connectivity index (χ4v) is 1.79. The Bertz CT molecular complexity index is 126. The SMILES string of the molecule is COC(CBr)(OC)C(=O)CBr. The second kappa shape index (κ2) is 5.24. The molecule has 0 bridgehead atoms. The van der Waals surface area contributed by atoms with E-state index in [0.29, 0.717) is 5.33 Å². The molecule has 66 valence electrons. The average molecular weight is 290 g/mol. The molecule has 0 unspecified atom stereocenters. The van der Waals surface area contributed by atoms with Gasteiger partial charge in [0.1, 0.15) is 0 Å². The summed E-state index contributed by atoms with van der Waals surface area (Å²) in [5.41, 5.74) is 0. The smallest absolute Gasteiger partial charge is 0.239 e. The zero-order valence-electron chi connectivity index (χ0n) is 6.39. The lowest BCUT2D eigenvalue weighted by Gasteiger charge is -2.25. The van der Waals surface area contributed by atoms with Gasteiger partial charge < -0.3 is 9.47 Å². The van der Waals surface area contributed by atoms with Crippen LogP contribution in [0, 0.1) is 0 Å². The molecule has 11 heavy (non-hydrogen) atoms. The lowest BCUT2D eigenvalue weighted by Crippen LogP contribution is -2.45. The van der Waals surface area contributed by atoms with Gasteiger partial charge in [0.25, 0.3) is 0 Å². The van der Waals surface area contributed by atoms with Crippen molar-refractivity contribution in [1.82, 2.24) is 0 Å². The Morgan fingerprint density at radius 1 is 1.36 bits per heavy atom. The standard InChI is InChI=1S/C6H10Br2O3/c1-10-6(4-8,11-2)5(9)3-7/h3-4H2,1-2H3. The van der Waals surface area contributed by atoms with Crippen LogP contribution in [0.25, 0.3) is 0 Å². The number of hydrogen-bond acceptors (Lipinski definition) is 3. The van der Waals surface area contributed by atoms with Crippen LogP contribution in [0.2, 0.25) is 0 Å². The second-order valence-electron chi connectivity index (χ2n) is 1.85. The van der Waals surface area contributed by atoms with E-state index in [9.17, 15) is 4.79 Å². The molecule has 0 aliphatic carbocycles. The molecule has 3 nitrogen and oxygen atoms in total. The van der Waals surface area contributed by atoms with Crippen LogP contribution in [0.5, 0.6) is 0 Å². The van der Waals surface area contributed by atoms with Crippen LogP contribution in [0.4, 0.5) is 0 Å². The first kappa shape index (κ1) is 11.6. The van der Waals surface area contributed by atoms with E-state index < -0.39 is 5.79 Å². The van der Waals surface area contributed by atoms with Gasteiger partial charge in [0.05, 0.1) is 10.7 Å². The van der Waals surface area contributed by atoms with E-state index in [2.05, 4.69) is 31.9 Å². The van der Waals surface area contributed by atoms with Crippen molar-refractivity contribution >= 4 is 37.6 Å². The first-order chi connectivity index (χ1) is 5.16. The zero-order chi connectivity index (χ0) is 8.91. The molecule has 0 fully saturated rings. The maximum Gasteiger partial charge on any atom is 0.239 e. The quantitative estimate of drug-likeness (QED) is 0.566. The van der Waals surface area contributed by atoms with E-state index in [1.807, 2.05) is 0 Å². The van der Waals surface area contributed by atoms with Crippen molar-refractivity contribution in [1.29, 1.82) is 0 Å². The van der Waals surface area contributed by atoms with Gasteiger partial charge in [0.2, 0.25) is 11.6 Å². The molecular weight excluding hydrogens is 280 g/mol. The Labute approximate surface area is 82.7 Å². The number of carbonyl (C=O) groups excluding carboxylic acids is 1. The van der Waals surface area contributed by atoms with E-state index in [1.165, 1.54) is 14.2 Å². The summed E-state index contributed by atoms with van der Waals surface area (Å²) in [6.45, 7) is 0. The molecule has 0 saturated heterocycles. The first-order valence-corrected chi connectivity index (χ1v) is 5.16. The third-order valence-corrected chi connectivity index (χ3v) is 2.63. The van der Waals surface area contributed by atoms with Gasteiger partial charge in [-0.25, -0.2) is 0 Å². The molecule has 0 rings (SSSR count). The third-order valence-electron chi connectivity index (χ3n) is 1.38. The lowest BCUT2D eigenvalue weighted by molar-refractivity contribution is -0.193. The minimum Gasteiger partial charge on any atom is -0.346 e. The van der Waals surface area contributed by atoms with Crippen molar-refractivity contribution in [3.8, 4) is 0 Å². The van der Waals surface area contributed by atoms with Crippen molar-refractivity contribution < 1.29 is 14.3 Å². The number of ketones is 1. The van der Waals surface area contributed by atoms with E-state index in [0.717, 1.165) is 0 Å². The second-order valence-corrected chi connectivity index (χ2v) is 2.97. The molecule has 0 saturated carbocycles. The van der Waals surface area contributed by atoms with Gasteiger partial charge in [-0.15, -0.1) is 0 Å². The molecule has 0 spiro atoms. The van der Waals surface area contributed by atoms with Crippen LogP contribution in [0.3, 0.4) is 0 Å². The molecule has 0 aromatic rings. The van der Waals surface area contributed by atoms with E-state index >= 15 is 0 Å². The Hall–Kier alpha value is 0.550. The molecule has 0 aliphatic heterocycles. The van der Waals surface area contributed by atoms with Crippen molar-refractivity contribution in [2.45, 2.75) is 5.79 Å². The summed E-state index contributed by atoms with van der Waals surface area (Å²) < 4.78 is 9.88. The summed E-state index contributed by atoms with van der Waals surface area (Å²) in [4.78, 5) is 11.2. The van der Waals surface area contributed by atoms with E-state index in [1.54, 1.807) is 0 Å². The van der Waals surface area contributed by atoms with Crippen molar-refractivity contribution in [2.75, 3.05) is 24.9 Å². The van der Waals surface area contributed by atoms with Crippen LogP contribution in [-0.4, -0.2) is 36.5 Å². The number of Topliss-reactive ketones (excluding diaryl/α,β-unsaturated/α-hetero) is 1. The molecular formula is C6H10Br2O3.